The largest absolute Gasteiger partial charge is 0.390 e. The Hall–Kier alpha value is -0.0800. The summed E-state index contributed by atoms with van der Waals surface area (Å²) in [5.74, 6) is 2.34. The fraction of sp³-hybridized carbons (Fsp3) is 1.00. The number of nitrogens with one attached hydrogen (secondary N) is 1. The number of rotatable bonds is 2. The highest BCUT2D eigenvalue weighted by atomic mass is 16.3. The van der Waals surface area contributed by atoms with Crippen LogP contribution in [0.15, 0.2) is 0 Å². The van der Waals surface area contributed by atoms with Gasteiger partial charge in [-0.05, 0) is 49.9 Å². The number of hydrogen-bond acceptors (Lipinski definition) is 2. The molecule has 4 aliphatic rings. The fourth-order valence-corrected chi connectivity index (χ4v) is 4.64. The summed E-state index contributed by atoms with van der Waals surface area (Å²) in [7, 11) is 0. The lowest BCUT2D eigenvalue weighted by molar-refractivity contribution is -0.139. The molecule has 0 aliphatic heterocycles. The first-order valence-corrected chi connectivity index (χ1v) is 6.54. The molecule has 4 fully saturated rings. The lowest BCUT2D eigenvalue weighted by Crippen LogP contribution is -2.61. The van der Waals surface area contributed by atoms with Gasteiger partial charge in [-0.2, -0.15) is 0 Å². The van der Waals surface area contributed by atoms with Gasteiger partial charge in [-0.15, -0.1) is 0 Å². The molecule has 2 heteroatoms. The zero-order chi connectivity index (χ0) is 10.6. The topological polar surface area (TPSA) is 32.3 Å². The van der Waals surface area contributed by atoms with Crippen molar-refractivity contribution in [2.45, 2.75) is 63.6 Å². The summed E-state index contributed by atoms with van der Waals surface area (Å²) in [6.07, 6.45) is 5.94. The molecule has 0 heterocycles. The Morgan fingerprint density at radius 3 is 2.20 bits per heavy atom. The van der Waals surface area contributed by atoms with Crippen LogP contribution in [0, 0.1) is 17.8 Å². The second-order valence-electron chi connectivity index (χ2n) is 6.54. The maximum Gasteiger partial charge on any atom is 0.0657 e. The van der Waals surface area contributed by atoms with E-state index in [9.17, 15) is 5.11 Å². The lowest BCUT2D eigenvalue weighted by atomic mass is 9.52. The minimum atomic E-state index is -0.272. The van der Waals surface area contributed by atoms with E-state index in [1.54, 1.807) is 0 Å². The van der Waals surface area contributed by atoms with Gasteiger partial charge in [0.1, 0.15) is 0 Å². The highest BCUT2D eigenvalue weighted by Gasteiger charge is 2.54. The molecule has 4 aliphatic carbocycles. The molecule has 2 nitrogen and oxygen atoms in total. The first-order chi connectivity index (χ1) is 7.06. The quantitative estimate of drug-likeness (QED) is 0.728. The summed E-state index contributed by atoms with van der Waals surface area (Å²) in [6.45, 7) is 4.47. The molecule has 4 bridgehead atoms. The molecule has 2 atom stereocenters. The van der Waals surface area contributed by atoms with Crippen molar-refractivity contribution in [2.24, 2.45) is 17.8 Å². The lowest BCUT2D eigenvalue weighted by Gasteiger charge is -2.58. The van der Waals surface area contributed by atoms with Crippen LogP contribution >= 0.6 is 0 Å². The zero-order valence-corrected chi connectivity index (χ0v) is 9.87. The van der Waals surface area contributed by atoms with Crippen molar-refractivity contribution in [3.05, 3.63) is 0 Å². The first kappa shape index (κ1) is 10.1. The van der Waals surface area contributed by atoms with Crippen LogP contribution in [-0.4, -0.2) is 22.8 Å². The van der Waals surface area contributed by atoms with Crippen LogP contribution in [0.5, 0.6) is 0 Å². The molecule has 15 heavy (non-hydrogen) atoms. The molecule has 0 aromatic rings. The standard InChI is InChI=1S/C13H23NO/c1-8(2)14-12-10-3-9-4-11(12)7-13(15,5-9)6-10/h8-12,14-15H,3-7H2,1-2H3. The van der Waals surface area contributed by atoms with Crippen LogP contribution in [-0.2, 0) is 0 Å². The van der Waals surface area contributed by atoms with Crippen molar-refractivity contribution in [1.82, 2.24) is 5.32 Å². The van der Waals surface area contributed by atoms with Crippen LogP contribution in [0.3, 0.4) is 0 Å². The first-order valence-electron chi connectivity index (χ1n) is 6.54. The van der Waals surface area contributed by atoms with Gasteiger partial charge >= 0.3 is 0 Å². The molecule has 0 aromatic heterocycles. The molecular formula is C13H23NO. The van der Waals surface area contributed by atoms with Crippen molar-refractivity contribution in [1.29, 1.82) is 0 Å². The number of aliphatic hydroxyl groups is 1. The van der Waals surface area contributed by atoms with Crippen molar-refractivity contribution in [2.75, 3.05) is 0 Å². The molecular weight excluding hydrogens is 186 g/mol. The Morgan fingerprint density at radius 2 is 1.73 bits per heavy atom. The fourth-order valence-electron chi connectivity index (χ4n) is 4.64. The molecule has 0 aromatic carbocycles. The molecule has 86 valence electrons. The van der Waals surface area contributed by atoms with E-state index in [2.05, 4.69) is 19.2 Å². The second-order valence-corrected chi connectivity index (χ2v) is 6.54. The van der Waals surface area contributed by atoms with Gasteiger partial charge in [0, 0.05) is 12.1 Å². The van der Waals surface area contributed by atoms with E-state index in [1.165, 1.54) is 12.8 Å². The Morgan fingerprint density at radius 1 is 1.13 bits per heavy atom. The maximum atomic E-state index is 10.4. The predicted octanol–water partition coefficient (Wildman–Crippen LogP) is 1.92. The summed E-state index contributed by atoms with van der Waals surface area (Å²) in [4.78, 5) is 0. The van der Waals surface area contributed by atoms with Gasteiger partial charge in [-0.1, -0.05) is 13.8 Å². The summed E-state index contributed by atoms with van der Waals surface area (Å²) < 4.78 is 0. The molecule has 0 radical (unpaired) electrons. The average molecular weight is 209 g/mol. The highest BCUT2D eigenvalue weighted by Crippen LogP contribution is 2.55. The minimum Gasteiger partial charge on any atom is -0.390 e. The summed E-state index contributed by atoms with van der Waals surface area (Å²) >= 11 is 0. The smallest absolute Gasteiger partial charge is 0.0657 e. The van der Waals surface area contributed by atoms with Gasteiger partial charge in [0.25, 0.3) is 0 Å². The van der Waals surface area contributed by atoms with E-state index in [-0.39, 0.29) is 5.60 Å². The SMILES string of the molecule is CC(C)NC1C2CC3CC1CC(O)(C3)C2. The third kappa shape index (κ3) is 1.62. The molecule has 0 spiro atoms. The van der Waals surface area contributed by atoms with Crippen molar-refractivity contribution in [3.63, 3.8) is 0 Å². The summed E-state index contributed by atoms with van der Waals surface area (Å²) in [5, 5.41) is 14.2. The van der Waals surface area contributed by atoms with Crippen LogP contribution in [0.1, 0.15) is 46.0 Å². The molecule has 4 rings (SSSR count). The van der Waals surface area contributed by atoms with Crippen LogP contribution in [0.25, 0.3) is 0 Å². The third-order valence-electron chi connectivity index (χ3n) is 4.77. The van der Waals surface area contributed by atoms with Crippen LogP contribution in [0.4, 0.5) is 0 Å². The van der Waals surface area contributed by atoms with Gasteiger partial charge in [-0.3, -0.25) is 0 Å². The average Bonchev–Trinajstić information content (AvgIpc) is 2.08. The van der Waals surface area contributed by atoms with Gasteiger partial charge < -0.3 is 10.4 Å². The second kappa shape index (κ2) is 3.21. The van der Waals surface area contributed by atoms with Gasteiger partial charge in [0.2, 0.25) is 0 Å². The Balaban J connectivity index is 1.79. The summed E-state index contributed by atoms with van der Waals surface area (Å²) in [5.41, 5.74) is -0.272. The van der Waals surface area contributed by atoms with E-state index in [0.717, 1.165) is 37.0 Å². The zero-order valence-electron chi connectivity index (χ0n) is 9.87. The molecule has 4 saturated carbocycles. The molecule has 0 amide bonds. The Kier molecular flexibility index (Phi) is 2.16. The van der Waals surface area contributed by atoms with Crippen molar-refractivity contribution < 1.29 is 5.11 Å². The molecule has 2 unspecified atom stereocenters. The highest BCUT2D eigenvalue weighted by molar-refractivity contribution is 5.08. The van der Waals surface area contributed by atoms with Crippen LogP contribution in [0.2, 0.25) is 0 Å². The van der Waals surface area contributed by atoms with E-state index >= 15 is 0 Å². The number of hydrogen-bond donors (Lipinski definition) is 2. The van der Waals surface area contributed by atoms with E-state index in [4.69, 9.17) is 0 Å². The van der Waals surface area contributed by atoms with E-state index in [1.807, 2.05) is 0 Å². The third-order valence-corrected chi connectivity index (χ3v) is 4.77. The monoisotopic (exact) mass is 209 g/mol. The normalized spacial score (nSPS) is 52.8. The summed E-state index contributed by atoms with van der Waals surface area (Å²) in [6, 6.07) is 1.28. The Labute approximate surface area is 92.4 Å². The minimum absolute atomic E-state index is 0.272. The molecule has 2 N–H and O–H groups in total. The van der Waals surface area contributed by atoms with Gasteiger partial charge in [-0.25, -0.2) is 0 Å². The van der Waals surface area contributed by atoms with Gasteiger partial charge in [0.15, 0.2) is 0 Å². The van der Waals surface area contributed by atoms with Crippen molar-refractivity contribution >= 4 is 0 Å². The van der Waals surface area contributed by atoms with Crippen LogP contribution < -0.4 is 5.32 Å². The van der Waals surface area contributed by atoms with E-state index < -0.39 is 0 Å². The Bertz CT molecular complexity index is 247. The molecule has 0 saturated heterocycles. The van der Waals surface area contributed by atoms with Gasteiger partial charge in [0.05, 0.1) is 5.60 Å². The van der Waals surface area contributed by atoms with E-state index in [0.29, 0.717) is 12.1 Å². The maximum absolute atomic E-state index is 10.4. The van der Waals surface area contributed by atoms with Crippen molar-refractivity contribution in [3.8, 4) is 0 Å². The predicted molar refractivity (Wildman–Crippen MR) is 60.6 cm³/mol.